The summed E-state index contributed by atoms with van der Waals surface area (Å²) < 4.78 is 23.1. The van der Waals surface area contributed by atoms with E-state index in [0.29, 0.717) is 0 Å². The summed E-state index contributed by atoms with van der Waals surface area (Å²) in [5, 5.41) is 11.6. The van der Waals surface area contributed by atoms with E-state index in [1.165, 1.54) is 25.3 Å². The number of nitrogens with one attached hydrogen (secondary N) is 1. The highest BCUT2D eigenvalue weighted by Gasteiger charge is 2.18. The van der Waals surface area contributed by atoms with Gasteiger partial charge in [0.2, 0.25) is 0 Å². The lowest BCUT2D eigenvalue weighted by Gasteiger charge is -2.19. The highest BCUT2D eigenvalue weighted by molar-refractivity contribution is 5.81. The molecule has 2 N–H and O–H groups in total. The molecule has 1 aromatic carbocycles. The Morgan fingerprint density at radius 1 is 1.53 bits per heavy atom. The van der Waals surface area contributed by atoms with Crippen LogP contribution in [-0.4, -0.2) is 43.5 Å². The SMILES string of the molecule is COCC(CO)NC(=O)C(C)Oc1cccc(F)c1. The first-order chi connectivity index (χ1) is 9.06. The van der Waals surface area contributed by atoms with E-state index in [0.717, 1.165) is 0 Å². The molecule has 1 aromatic rings. The minimum absolute atomic E-state index is 0.203. The quantitative estimate of drug-likeness (QED) is 0.766. The van der Waals surface area contributed by atoms with E-state index in [4.69, 9.17) is 14.6 Å². The average molecular weight is 271 g/mol. The van der Waals surface area contributed by atoms with E-state index in [-0.39, 0.29) is 19.0 Å². The molecule has 1 rings (SSSR count). The number of halogens is 1. The molecule has 0 spiro atoms. The van der Waals surface area contributed by atoms with Crippen LogP contribution in [0, 0.1) is 5.82 Å². The largest absolute Gasteiger partial charge is 0.481 e. The van der Waals surface area contributed by atoms with Crippen LogP contribution in [-0.2, 0) is 9.53 Å². The summed E-state index contributed by atoms with van der Waals surface area (Å²) in [6.45, 7) is 1.52. The lowest BCUT2D eigenvalue weighted by Crippen LogP contribution is -2.46. The fourth-order valence-electron chi connectivity index (χ4n) is 1.46. The van der Waals surface area contributed by atoms with E-state index in [2.05, 4.69) is 5.32 Å². The van der Waals surface area contributed by atoms with Crippen LogP contribution in [0.4, 0.5) is 4.39 Å². The third kappa shape index (κ3) is 5.23. The first-order valence-corrected chi connectivity index (χ1v) is 5.89. The van der Waals surface area contributed by atoms with Crippen LogP contribution in [0.3, 0.4) is 0 Å². The molecule has 106 valence electrons. The Bertz CT molecular complexity index is 413. The summed E-state index contributed by atoms with van der Waals surface area (Å²) in [5.74, 6) is -0.562. The number of methoxy groups -OCH3 is 1. The summed E-state index contributed by atoms with van der Waals surface area (Å²) in [6, 6.07) is 5.05. The van der Waals surface area contributed by atoms with Gasteiger partial charge in [0.15, 0.2) is 6.10 Å². The Labute approximate surface area is 111 Å². The van der Waals surface area contributed by atoms with Crippen molar-refractivity contribution >= 4 is 5.91 Å². The van der Waals surface area contributed by atoms with Crippen molar-refractivity contribution in [2.24, 2.45) is 0 Å². The molecular weight excluding hydrogens is 253 g/mol. The molecule has 0 bridgehead atoms. The van der Waals surface area contributed by atoms with Crippen LogP contribution < -0.4 is 10.1 Å². The summed E-state index contributed by atoms with van der Waals surface area (Å²) in [5.41, 5.74) is 0. The molecule has 5 nitrogen and oxygen atoms in total. The van der Waals surface area contributed by atoms with E-state index >= 15 is 0 Å². The van der Waals surface area contributed by atoms with Gasteiger partial charge in [-0.25, -0.2) is 4.39 Å². The van der Waals surface area contributed by atoms with Gasteiger partial charge < -0.3 is 19.9 Å². The number of aliphatic hydroxyl groups is 1. The maximum absolute atomic E-state index is 13.0. The number of aliphatic hydroxyl groups excluding tert-OH is 1. The van der Waals surface area contributed by atoms with E-state index in [1.807, 2.05) is 0 Å². The van der Waals surface area contributed by atoms with Gasteiger partial charge in [0, 0.05) is 13.2 Å². The highest BCUT2D eigenvalue weighted by Crippen LogP contribution is 2.13. The highest BCUT2D eigenvalue weighted by atomic mass is 19.1. The zero-order valence-electron chi connectivity index (χ0n) is 10.9. The molecule has 0 aliphatic carbocycles. The zero-order valence-corrected chi connectivity index (χ0v) is 10.9. The number of ether oxygens (including phenoxy) is 2. The van der Waals surface area contributed by atoms with Crippen molar-refractivity contribution in [3.05, 3.63) is 30.1 Å². The van der Waals surface area contributed by atoms with Crippen molar-refractivity contribution in [1.82, 2.24) is 5.32 Å². The van der Waals surface area contributed by atoms with Gasteiger partial charge in [-0.3, -0.25) is 4.79 Å². The second kappa shape index (κ2) is 7.70. The number of hydrogen-bond acceptors (Lipinski definition) is 4. The average Bonchev–Trinajstić information content (AvgIpc) is 2.38. The normalized spacial score (nSPS) is 13.7. The zero-order chi connectivity index (χ0) is 14.3. The topological polar surface area (TPSA) is 67.8 Å². The molecule has 1 amide bonds. The van der Waals surface area contributed by atoms with Crippen LogP contribution in [0.5, 0.6) is 5.75 Å². The van der Waals surface area contributed by atoms with Crippen molar-refractivity contribution in [3.8, 4) is 5.75 Å². The number of amides is 1. The van der Waals surface area contributed by atoms with Gasteiger partial charge in [0.1, 0.15) is 11.6 Å². The molecule has 0 aliphatic heterocycles. The Balaban J connectivity index is 2.52. The van der Waals surface area contributed by atoms with Gasteiger partial charge in [-0.05, 0) is 19.1 Å². The molecule has 0 saturated carbocycles. The van der Waals surface area contributed by atoms with Crippen molar-refractivity contribution in [2.45, 2.75) is 19.1 Å². The van der Waals surface area contributed by atoms with Crippen LogP contribution in [0.15, 0.2) is 24.3 Å². The molecule has 0 radical (unpaired) electrons. The van der Waals surface area contributed by atoms with E-state index in [9.17, 15) is 9.18 Å². The number of carbonyl (C=O) groups excluding carboxylic acids is 1. The fourth-order valence-corrected chi connectivity index (χ4v) is 1.46. The van der Waals surface area contributed by atoms with Gasteiger partial charge in [-0.15, -0.1) is 0 Å². The molecule has 19 heavy (non-hydrogen) atoms. The summed E-state index contributed by atoms with van der Waals surface area (Å²) >= 11 is 0. The van der Waals surface area contributed by atoms with Crippen molar-refractivity contribution in [2.75, 3.05) is 20.3 Å². The van der Waals surface area contributed by atoms with Gasteiger partial charge in [-0.1, -0.05) is 6.07 Å². The minimum atomic E-state index is -0.798. The number of rotatable bonds is 7. The Kier molecular flexibility index (Phi) is 6.24. The number of benzene rings is 1. The standard InChI is InChI=1S/C13H18FNO4/c1-9(13(17)15-11(7-16)8-18-2)19-12-5-3-4-10(14)6-12/h3-6,9,11,16H,7-8H2,1-2H3,(H,15,17). The molecule has 2 unspecified atom stereocenters. The first-order valence-electron chi connectivity index (χ1n) is 5.89. The molecule has 0 aliphatic rings. The lowest BCUT2D eigenvalue weighted by atomic mass is 10.3. The third-order valence-corrected chi connectivity index (χ3v) is 2.41. The van der Waals surface area contributed by atoms with Crippen molar-refractivity contribution in [3.63, 3.8) is 0 Å². The monoisotopic (exact) mass is 271 g/mol. The molecular formula is C13H18FNO4. The Hall–Kier alpha value is -1.66. The second-order valence-corrected chi connectivity index (χ2v) is 4.06. The summed E-state index contributed by atoms with van der Waals surface area (Å²) in [6.07, 6.45) is -0.798. The molecule has 0 aromatic heterocycles. The summed E-state index contributed by atoms with van der Waals surface area (Å²) in [7, 11) is 1.47. The van der Waals surface area contributed by atoms with Crippen LogP contribution >= 0.6 is 0 Å². The van der Waals surface area contributed by atoms with Crippen LogP contribution in [0.2, 0.25) is 0 Å². The van der Waals surface area contributed by atoms with Gasteiger partial charge in [0.05, 0.1) is 19.3 Å². The molecule has 2 atom stereocenters. The molecule has 0 saturated heterocycles. The van der Waals surface area contributed by atoms with Crippen LogP contribution in [0.1, 0.15) is 6.92 Å². The van der Waals surface area contributed by atoms with Gasteiger partial charge in [0.25, 0.3) is 5.91 Å². The van der Waals surface area contributed by atoms with Gasteiger partial charge in [-0.2, -0.15) is 0 Å². The lowest BCUT2D eigenvalue weighted by molar-refractivity contribution is -0.128. The minimum Gasteiger partial charge on any atom is -0.481 e. The fraction of sp³-hybridized carbons (Fsp3) is 0.462. The Morgan fingerprint density at radius 3 is 2.84 bits per heavy atom. The van der Waals surface area contributed by atoms with E-state index in [1.54, 1.807) is 13.0 Å². The first kappa shape index (κ1) is 15.4. The van der Waals surface area contributed by atoms with Crippen molar-refractivity contribution < 1.29 is 23.8 Å². The Morgan fingerprint density at radius 2 is 2.26 bits per heavy atom. The molecule has 6 heteroatoms. The van der Waals surface area contributed by atoms with Crippen molar-refractivity contribution in [1.29, 1.82) is 0 Å². The number of carbonyl (C=O) groups is 1. The molecule has 0 fully saturated rings. The maximum Gasteiger partial charge on any atom is 0.261 e. The van der Waals surface area contributed by atoms with E-state index < -0.39 is 23.9 Å². The number of hydrogen-bond donors (Lipinski definition) is 2. The predicted octanol–water partition coefficient (Wildman–Crippen LogP) is 0.716. The predicted molar refractivity (Wildman–Crippen MR) is 67.4 cm³/mol. The summed E-state index contributed by atoms with van der Waals surface area (Å²) in [4.78, 5) is 11.8. The maximum atomic E-state index is 13.0. The second-order valence-electron chi connectivity index (χ2n) is 4.06. The third-order valence-electron chi connectivity index (χ3n) is 2.41. The molecule has 0 heterocycles. The smallest absolute Gasteiger partial charge is 0.261 e. The van der Waals surface area contributed by atoms with Gasteiger partial charge >= 0.3 is 0 Å². The van der Waals surface area contributed by atoms with Crippen LogP contribution in [0.25, 0.3) is 0 Å².